The molecule has 2 aromatic carbocycles. The molecular weight excluding hydrogens is 702 g/mol. The minimum Gasteiger partial charge on any atom is -0.491 e. The van der Waals surface area contributed by atoms with E-state index in [0.29, 0.717) is 29.6 Å². The molecule has 0 bridgehead atoms. The van der Waals surface area contributed by atoms with E-state index in [2.05, 4.69) is 63.5 Å². The van der Waals surface area contributed by atoms with Crippen LogP contribution in [0.15, 0.2) is 66.9 Å². The summed E-state index contributed by atoms with van der Waals surface area (Å²) in [5.74, 6) is 2.77. The maximum atomic E-state index is 13.8. The number of benzene rings is 2. The van der Waals surface area contributed by atoms with Gasteiger partial charge in [-0.2, -0.15) is 5.10 Å². The summed E-state index contributed by atoms with van der Waals surface area (Å²) in [6.45, 7) is 11.9. The Kier molecular flexibility index (Phi) is 10.4. The molecule has 3 aliphatic rings. The molecule has 0 saturated carbocycles. The van der Waals surface area contributed by atoms with Crippen molar-refractivity contribution in [3.63, 3.8) is 0 Å². The Morgan fingerprint density at radius 2 is 1.69 bits per heavy atom. The van der Waals surface area contributed by atoms with Gasteiger partial charge in [0.1, 0.15) is 30.0 Å². The topological polar surface area (TPSA) is 114 Å². The average Bonchev–Trinajstić information content (AvgIpc) is 3.94. The Bertz CT molecular complexity index is 2090. The van der Waals surface area contributed by atoms with E-state index in [1.54, 1.807) is 4.68 Å². The van der Waals surface area contributed by atoms with Gasteiger partial charge in [-0.3, -0.25) is 14.6 Å². The van der Waals surface area contributed by atoms with Crippen molar-refractivity contribution in [2.75, 3.05) is 49.5 Å². The van der Waals surface area contributed by atoms with Crippen LogP contribution in [0.4, 0.5) is 16.6 Å². The Morgan fingerprint density at radius 3 is 2.48 bits per heavy atom. The summed E-state index contributed by atoms with van der Waals surface area (Å²) >= 11 is 6.58. The molecule has 0 unspecified atom stereocenters. The second-order valence-electron chi connectivity index (χ2n) is 15.7. The average molecular weight is 752 g/mol. The number of aromatic nitrogens is 5. The molecular formula is C41H50ClN9O3. The molecule has 8 rings (SSSR count). The number of nitrogens with zero attached hydrogens (tertiary/aromatic N) is 7. The number of ether oxygens (including phenoxy) is 2. The van der Waals surface area contributed by atoms with E-state index in [4.69, 9.17) is 26.2 Å². The molecule has 5 heterocycles. The lowest BCUT2D eigenvalue weighted by molar-refractivity contribution is 0.171. The molecule has 2 aliphatic heterocycles. The maximum Gasteiger partial charge on any atom is 0.320 e. The van der Waals surface area contributed by atoms with Gasteiger partial charge < -0.3 is 19.7 Å². The predicted octanol–water partition coefficient (Wildman–Crippen LogP) is 8.11. The molecule has 54 heavy (non-hydrogen) atoms. The maximum absolute atomic E-state index is 13.8. The van der Waals surface area contributed by atoms with Crippen molar-refractivity contribution in [3.8, 4) is 17.2 Å². The zero-order valence-electron chi connectivity index (χ0n) is 31.4. The van der Waals surface area contributed by atoms with E-state index in [0.717, 1.165) is 91.8 Å². The van der Waals surface area contributed by atoms with Gasteiger partial charge in [0.2, 0.25) is 5.95 Å². The van der Waals surface area contributed by atoms with Crippen LogP contribution in [0.5, 0.6) is 11.5 Å². The Labute approximate surface area is 321 Å². The third-order valence-electron chi connectivity index (χ3n) is 10.8. The molecule has 5 aromatic rings. The van der Waals surface area contributed by atoms with Crippen molar-refractivity contribution in [3.05, 3.63) is 88.7 Å². The monoisotopic (exact) mass is 751 g/mol. The SMILES string of the molecule is CC(C)(C)c1cc(NC(=O)N[C@H]2CC[C@@H](Oc3ccc4nnc(N5CCCCC5)n4c3)c3ccccc32)n(-c2ccc(Cl)c(OCCN3CCCC3)c2)n1. The second kappa shape index (κ2) is 15.5. The molecule has 0 spiro atoms. The van der Waals surface area contributed by atoms with Crippen LogP contribution >= 0.6 is 11.6 Å². The number of likely N-dealkylation sites (tertiary alicyclic amines) is 1. The number of fused-ring (bicyclic) bond motifs is 2. The number of hydrogen-bond acceptors (Lipinski definition) is 8. The number of anilines is 2. The summed E-state index contributed by atoms with van der Waals surface area (Å²) in [6, 6.07) is 19.2. The summed E-state index contributed by atoms with van der Waals surface area (Å²) < 4.78 is 16.6. The van der Waals surface area contributed by atoms with Gasteiger partial charge in [0, 0.05) is 37.2 Å². The summed E-state index contributed by atoms with van der Waals surface area (Å²) in [7, 11) is 0. The zero-order valence-corrected chi connectivity index (χ0v) is 32.2. The number of piperidine rings is 1. The highest BCUT2D eigenvalue weighted by molar-refractivity contribution is 6.32. The highest BCUT2D eigenvalue weighted by Gasteiger charge is 2.30. The fourth-order valence-electron chi connectivity index (χ4n) is 7.79. The number of pyridine rings is 1. The van der Waals surface area contributed by atoms with Crippen molar-refractivity contribution >= 4 is 35.0 Å². The smallest absolute Gasteiger partial charge is 0.320 e. The van der Waals surface area contributed by atoms with Gasteiger partial charge in [-0.25, -0.2) is 9.48 Å². The molecule has 13 heteroatoms. The number of hydrogen-bond donors (Lipinski definition) is 2. The molecule has 2 atom stereocenters. The van der Waals surface area contributed by atoms with Crippen molar-refractivity contribution in [1.82, 2.24) is 34.6 Å². The molecule has 2 saturated heterocycles. The van der Waals surface area contributed by atoms with Gasteiger partial charge in [0.25, 0.3) is 0 Å². The number of carbonyl (C=O) groups excluding carboxylic acids is 1. The van der Waals surface area contributed by atoms with Crippen LogP contribution in [0, 0.1) is 0 Å². The normalized spacial score (nSPS) is 19.1. The lowest BCUT2D eigenvalue weighted by Crippen LogP contribution is -2.36. The summed E-state index contributed by atoms with van der Waals surface area (Å²) in [5.41, 5.74) is 4.26. The third-order valence-corrected chi connectivity index (χ3v) is 11.1. The molecule has 2 N–H and O–H groups in total. The Balaban J connectivity index is 0.975. The van der Waals surface area contributed by atoms with Gasteiger partial charge in [0.15, 0.2) is 5.65 Å². The van der Waals surface area contributed by atoms with Gasteiger partial charge >= 0.3 is 6.03 Å². The predicted molar refractivity (Wildman–Crippen MR) is 211 cm³/mol. The number of halogens is 1. The quantitative estimate of drug-likeness (QED) is 0.147. The van der Waals surface area contributed by atoms with Crippen LogP contribution in [0.1, 0.15) is 94.7 Å². The van der Waals surface area contributed by atoms with Crippen LogP contribution in [0.2, 0.25) is 5.02 Å². The lowest BCUT2D eigenvalue weighted by atomic mass is 9.85. The third kappa shape index (κ3) is 7.86. The highest BCUT2D eigenvalue weighted by Crippen LogP contribution is 2.39. The standard InChI is InChI=1S/C41H50ClN9O3/c1-41(2,3)36-26-38(51(47-36)28-13-15-32(42)35(25-28)53-24-23-48-19-9-10-20-48)44-39(52)43-33-16-17-34(31-12-6-5-11-30(31)33)54-29-14-18-37-45-46-40(50(37)27-29)49-21-7-4-8-22-49/h5-6,11-15,18,25-27,33-34H,4,7-10,16-17,19-24H2,1-3H3,(H2,43,44,52)/t33-,34+/m0/s1. The first-order valence-corrected chi connectivity index (χ1v) is 19.8. The van der Waals surface area contributed by atoms with E-state index in [-0.39, 0.29) is 23.6 Å². The van der Waals surface area contributed by atoms with Crippen LogP contribution in [-0.4, -0.2) is 74.6 Å². The van der Waals surface area contributed by atoms with Crippen LogP contribution < -0.4 is 25.0 Å². The lowest BCUT2D eigenvalue weighted by Gasteiger charge is -2.32. The van der Waals surface area contributed by atoms with Gasteiger partial charge in [0.05, 0.1) is 28.6 Å². The van der Waals surface area contributed by atoms with Crippen molar-refractivity contribution in [1.29, 1.82) is 0 Å². The van der Waals surface area contributed by atoms with E-state index in [1.807, 2.05) is 59.1 Å². The van der Waals surface area contributed by atoms with Crippen molar-refractivity contribution in [2.24, 2.45) is 0 Å². The minimum atomic E-state index is -0.310. The first kappa shape index (κ1) is 36.2. The number of urea groups is 1. The molecule has 12 nitrogen and oxygen atoms in total. The summed E-state index contributed by atoms with van der Waals surface area (Å²) in [6.07, 6.45) is 9.33. The zero-order chi connectivity index (χ0) is 37.2. The van der Waals surface area contributed by atoms with E-state index in [9.17, 15) is 4.79 Å². The fraction of sp³-hybridized carbons (Fsp3) is 0.463. The van der Waals surface area contributed by atoms with Crippen LogP contribution in [0.3, 0.4) is 0 Å². The van der Waals surface area contributed by atoms with Gasteiger partial charge in [-0.05, 0) is 93.4 Å². The largest absolute Gasteiger partial charge is 0.491 e. The molecule has 0 radical (unpaired) electrons. The first-order valence-electron chi connectivity index (χ1n) is 19.4. The number of rotatable bonds is 10. The minimum absolute atomic E-state index is 0.165. The Hall–Kier alpha value is -4.81. The molecule has 2 amide bonds. The van der Waals surface area contributed by atoms with Crippen LogP contribution in [-0.2, 0) is 5.41 Å². The van der Waals surface area contributed by atoms with Gasteiger partial charge in [-0.15, -0.1) is 10.2 Å². The highest BCUT2D eigenvalue weighted by atomic mass is 35.5. The number of nitrogens with one attached hydrogen (secondary N) is 2. The second-order valence-corrected chi connectivity index (χ2v) is 16.1. The molecule has 3 aromatic heterocycles. The first-order chi connectivity index (χ1) is 26.2. The molecule has 1 aliphatic carbocycles. The van der Waals surface area contributed by atoms with E-state index >= 15 is 0 Å². The summed E-state index contributed by atoms with van der Waals surface area (Å²) in [4.78, 5) is 18.5. The van der Waals surface area contributed by atoms with Gasteiger partial charge in [-0.1, -0.05) is 56.6 Å². The Morgan fingerprint density at radius 1 is 0.907 bits per heavy atom. The van der Waals surface area contributed by atoms with Crippen molar-refractivity contribution in [2.45, 2.75) is 83.3 Å². The molecule has 2 fully saturated rings. The molecule has 284 valence electrons. The number of amides is 2. The fourth-order valence-corrected chi connectivity index (χ4v) is 7.97. The van der Waals surface area contributed by atoms with E-state index in [1.165, 1.54) is 19.3 Å². The summed E-state index contributed by atoms with van der Waals surface area (Å²) in [5, 5.41) is 20.7. The number of carbonyl (C=O) groups is 1. The van der Waals surface area contributed by atoms with Crippen LogP contribution in [0.25, 0.3) is 11.3 Å². The van der Waals surface area contributed by atoms with Crippen molar-refractivity contribution < 1.29 is 14.3 Å². The van der Waals surface area contributed by atoms with E-state index < -0.39 is 0 Å².